The molecule has 0 spiro atoms. The van der Waals surface area contributed by atoms with Gasteiger partial charge < -0.3 is 9.47 Å². The zero-order chi connectivity index (χ0) is 20.4. The van der Waals surface area contributed by atoms with Gasteiger partial charge in [-0.3, -0.25) is 0 Å². The molecular weight excluding hydrogens is 340 g/mol. The first-order valence-electron chi connectivity index (χ1n) is 8.67. The van der Waals surface area contributed by atoms with E-state index < -0.39 is 11.9 Å². The van der Waals surface area contributed by atoms with Crippen molar-refractivity contribution in [2.24, 2.45) is 0 Å². The molecule has 2 aromatic rings. The Morgan fingerprint density at radius 1 is 0.815 bits per heavy atom. The molecule has 0 atom stereocenters. The molecule has 2 aromatic carbocycles. The number of rotatable bonds is 5. The molecule has 0 aromatic heterocycles. The molecule has 142 valence electrons. The van der Waals surface area contributed by atoms with Crippen LogP contribution in [0.2, 0.25) is 0 Å². The number of ether oxygens (including phenoxy) is 2. The lowest BCUT2D eigenvalue weighted by Gasteiger charge is -2.09. The van der Waals surface area contributed by atoms with Crippen molar-refractivity contribution in [3.05, 3.63) is 84.0 Å². The minimum absolute atomic E-state index is 0.408. The zero-order valence-electron chi connectivity index (χ0n) is 16.4. The average Bonchev–Trinajstić information content (AvgIpc) is 2.66. The molecule has 27 heavy (non-hydrogen) atoms. The fourth-order valence-electron chi connectivity index (χ4n) is 2.38. The number of benzene rings is 2. The van der Waals surface area contributed by atoms with Crippen molar-refractivity contribution < 1.29 is 19.1 Å². The van der Waals surface area contributed by atoms with Gasteiger partial charge in [0.25, 0.3) is 0 Å². The second kappa shape index (κ2) is 10.8. The Kier molecular flexibility index (Phi) is 8.73. The van der Waals surface area contributed by atoms with Crippen LogP contribution in [-0.2, 0) is 16.0 Å². The van der Waals surface area contributed by atoms with Gasteiger partial charge in [0.1, 0.15) is 11.5 Å². The highest BCUT2D eigenvalue weighted by atomic mass is 16.5. The number of hydrogen-bond donors (Lipinski definition) is 0. The Balaban J connectivity index is 0.000000271. The van der Waals surface area contributed by atoms with Crippen LogP contribution in [0, 0.1) is 20.8 Å². The van der Waals surface area contributed by atoms with E-state index >= 15 is 0 Å². The molecule has 4 heteroatoms. The first-order valence-corrected chi connectivity index (χ1v) is 8.67. The predicted octanol–water partition coefficient (Wildman–Crippen LogP) is 5.04. The summed E-state index contributed by atoms with van der Waals surface area (Å²) in [5.41, 5.74) is 3.92. The number of carbonyl (C=O) groups excluding carboxylic acids is 2. The highest BCUT2D eigenvalue weighted by Gasteiger charge is 2.08. The monoisotopic (exact) mass is 366 g/mol. The number of carbonyl (C=O) groups is 2. The van der Waals surface area contributed by atoms with E-state index in [2.05, 4.69) is 13.2 Å². The zero-order valence-corrected chi connectivity index (χ0v) is 16.4. The van der Waals surface area contributed by atoms with Crippen molar-refractivity contribution in [2.75, 3.05) is 0 Å². The number of esters is 2. The van der Waals surface area contributed by atoms with Crippen molar-refractivity contribution >= 4 is 11.9 Å². The van der Waals surface area contributed by atoms with Crippen LogP contribution in [0.5, 0.6) is 11.5 Å². The van der Waals surface area contributed by atoms with Crippen LogP contribution in [0.15, 0.2) is 61.7 Å². The van der Waals surface area contributed by atoms with Gasteiger partial charge in [0, 0.05) is 12.2 Å². The third kappa shape index (κ3) is 6.59. The van der Waals surface area contributed by atoms with E-state index in [9.17, 15) is 9.59 Å². The van der Waals surface area contributed by atoms with E-state index in [1.165, 1.54) is 6.08 Å². The largest absolute Gasteiger partial charge is 0.423 e. The van der Waals surface area contributed by atoms with Gasteiger partial charge in [-0.1, -0.05) is 56.5 Å². The molecule has 0 aliphatic heterocycles. The minimum Gasteiger partial charge on any atom is -0.423 e. The standard InChI is InChI=1S/C12H14O2.C11H12O2/c1-4-10-8-6-7-9(3)12(10)14-11(13)5-2;1-4-10(12)13-11-8(2)6-5-7-9(11)3/h5-8H,2,4H2,1,3H3;4-7H,1H2,2-3H3. The van der Waals surface area contributed by atoms with Crippen molar-refractivity contribution in [1.82, 2.24) is 0 Å². The summed E-state index contributed by atoms with van der Waals surface area (Å²) in [7, 11) is 0. The van der Waals surface area contributed by atoms with Crippen molar-refractivity contribution in [3.8, 4) is 11.5 Å². The molecule has 4 nitrogen and oxygen atoms in total. The van der Waals surface area contributed by atoms with Gasteiger partial charge >= 0.3 is 11.9 Å². The number of aryl methyl sites for hydroxylation is 4. The molecule has 0 aliphatic carbocycles. The van der Waals surface area contributed by atoms with E-state index in [1.54, 1.807) is 0 Å². The van der Waals surface area contributed by atoms with Gasteiger partial charge in [0.05, 0.1) is 0 Å². The Morgan fingerprint density at radius 2 is 1.22 bits per heavy atom. The maximum Gasteiger partial charge on any atom is 0.335 e. The van der Waals surface area contributed by atoms with Crippen LogP contribution in [0.25, 0.3) is 0 Å². The van der Waals surface area contributed by atoms with Crippen LogP contribution in [0.3, 0.4) is 0 Å². The van der Waals surface area contributed by atoms with Crippen LogP contribution in [-0.4, -0.2) is 11.9 Å². The Labute approximate surface area is 161 Å². The van der Waals surface area contributed by atoms with E-state index in [-0.39, 0.29) is 0 Å². The SMILES string of the molecule is C=CC(=O)Oc1c(C)cccc1C.C=CC(=O)Oc1c(C)cccc1CC. The fourth-order valence-corrected chi connectivity index (χ4v) is 2.38. The first kappa shape index (κ1) is 21.9. The number of para-hydroxylation sites is 2. The lowest BCUT2D eigenvalue weighted by molar-refractivity contribution is -0.129. The van der Waals surface area contributed by atoms with Crippen LogP contribution in [0.4, 0.5) is 0 Å². The second-order valence-corrected chi connectivity index (χ2v) is 5.89. The van der Waals surface area contributed by atoms with Gasteiger partial charge in [-0.25, -0.2) is 9.59 Å². The fraction of sp³-hybridized carbons (Fsp3) is 0.217. The lowest BCUT2D eigenvalue weighted by Crippen LogP contribution is -2.06. The molecule has 0 N–H and O–H groups in total. The van der Waals surface area contributed by atoms with E-state index in [1.807, 2.05) is 64.1 Å². The molecule has 0 saturated carbocycles. The molecule has 2 rings (SSSR count). The third-order valence-electron chi connectivity index (χ3n) is 3.82. The Morgan fingerprint density at radius 3 is 1.67 bits per heavy atom. The van der Waals surface area contributed by atoms with Gasteiger partial charge in [-0.15, -0.1) is 0 Å². The van der Waals surface area contributed by atoms with Gasteiger partial charge in [0.15, 0.2) is 0 Å². The van der Waals surface area contributed by atoms with E-state index in [0.29, 0.717) is 11.5 Å². The summed E-state index contributed by atoms with van der Waals surface area (Å²) in [4.78, 5) is 22.0. The quantitative estimate of drug-likeness (QED) is 0.422. The van der Waals surface area contributed by atoms with E-state index in [0.717, 1.165) is 34.8 Å². The number of hydrogen-bond acceptors (Lipinski definition) is 4. The average molecular weight is 366 g/mol. The van der Waals surface area contributed by atoms with Gasteiger partial charge in [-0.05, 0) is 49.4 Å². The van der Waals surface area contributed by atoms with Crippen molar-refractivity contribution in [2.45, 2.75) is 34.1 Å². The summed E-state index contributed by atoms with van der Waals surface area (Å²) in [6.45, 7) is 14.5. The van der Waals surface area contributed by atoms with Crippen molar-refractivity contribution in [3.63, 3.8) is 0 Å². The molecule has 0 unspecified atom stereocenters. The van der Waals surface area contributed by atoms with E-state index in [4.69, 9.17) is 9.47 Å². The summed E-state index contributed by atoms with van der Waals surface area (Å²) in [6, 6.07) is 11.6. The molecule has 0 bridgehead atoms. The normalized spacial score (nSPS) is 9.48. The highest BCUT2D eigenvalue weighted by Crippen LogP contribution is 2.24. The smallest absolute Gasteiger partial charge is 0.335 e. The van der Waals surface area contributed by atoms with Crippen LogP contribution < -0.4 is 9.47 Å². The topological polar surface area (TPSA) is 52.6 Å². The summed E-state index contributed by atoms with van der Waals surface area (Å²) in [5.74, 6) is 0.471. The first-order chi connectivity index (χ1) is 12.8. The molecule has 0 heterocycles. The predicted molar refractivity (Wildman–Crippen MR) is 108 cm³/mol. The molecule has 0 saturated heterocycles. The van der Waals surface area contributed by atoms with Crippen molar-refractivity contribution in [1.29, 1.82) is 0 Å². The minimum atomic E-state index is -0.419. The van der Waals surface area contributed by atoms with Gasteiger partial charge in [0.2, 0.25) is 0 Å². The van der Waals surface area contributed by atoms with Crippen LogP contribution in [0.1, 0.15) is 29.2 Å². The molecule has 0 radical (unpaired) electrons. The Bertz CT molecular complexity index is 814. The molecular formula is C23H26O4. The molecule has 0 fully saturated rings. The lowest BCUT2D eigenvalue weighted by atomic mass is 10.1. The summed E-state index contributed by atoms with van der Waals surface area (Å²) >= 11 is 0. The maximum absolute atomic E-state index is 11.1. The summed E-state index contributed by atoms with van der Waals surface area (Å²) in [5, 5.41) is 0. The molecule has 0 amide bonds. The summed E-state index contributed by atoms with van der Waals surface area (Å²) in [6.07, 6.45) is 3.18. The Hall–Kier alpha value is -3.14. The molecule has 0 aliphatic rings. The van der Waals surface area contributed by atoms with Crippen LogP contribution >= 0.6 is 0 Å². The summed E-state index contributed by atoms with van der Waals surface area (Å²) < 4.78 is 10.2. The van der Waals surface area contributed by atoms with Gasteiger partial charge in [-0.2, -0.15) is 0 Å². The second-order valence-electron chi connectivity index (χ2n) is 5.89. The highest BCUT2D eigenvalue weighted by molar-refractivity contribution is 5.84. The third-order valence-corrected chi connectivity index (χ3v) is 3.82. The maximum atomic E-state index is 11.1.